The summed E-state index contributed by atoms with van der Waals surface area (Å²) in [6, 6.07) is 19.5. The van der Waals surface area contributed by atoms with Crippen molar-refractivity contribution >= 4 is 21.6 Å². The van der Waals surface area contributed by atoms with E-state index in [4.69, 9.17) is 9.47 Å². The van der Waals surface area contributed by atoms with Gasteiger partial charge < -0.3 is 14.8 Å². The summed E-state index contributed by atoms with van der Waals surface area (Å²) in [5.41, 5.74) is 1.46. The zero-order chi connectivity index (χ0) is 22.4. The van der Waals surface area contributed by atoms with E-state index in [0.29, 0.717) is 22.9 Å². The molecule has 0 aliphatic rings. The molecule has 0 heterocycles. The summed E-state index contributed by atoms with van der Waals surface area (Å²) in [6.45, 7) is 3.35. The average molecular weight is 441 g/mol. The van der Waals surface area contributed by atoms with Gasteiger partial charge in [-0.15, -0.1) is 0 Å². The molecular weight excluding hydrogens is 416 g/mol. The summed E-state index contributed by atoms with van der Waals surface area (Å²) in [5, 5.41) is 2.69. The van der Waals surface area contributed by atoms with Crippen LogP contribution in [0, 0.1) is 6.92 Å². The molecule has 3 rings (SSSR count). The van der Waals surface area contributed by atoms with Crippen molar-refractivity contribution in [3.63, 3.8) is 0 Å². The fraction of sp³-hybridized carbons (Fsp3) is 0.174. The van der Waals surface area contributed by atoms with Gasteiger partial charge in [0.15, 0.2) is 11.5 Å². The number of hydrogen-bond donors (Lipinski definition) is 2. The van der Waals surface area contributed by atoms with Gasteiger partial charge in [0.1, 0.15) is 5.75 Å². The van der Waals surface area contributed by atoms with Gasteiger partial charge in [0.25, 0.3) is 0 Å². The number of para-hydroxylation sites is 2. The molecule has 0 saturated carbocycles. The van der Waals surface area contributed by atoms with Gasteiger partial charge in [-0.3, -0.25) is 4.79 Å². The molecule has 0 aromatic heterocycles. The molecule has 8 heteroatoms. The Balaban J connectivity index is 1.61. The van der Waals surface area contributed by atoms with E-state index in [1.807, 2.05) is 19.1 Å². The van der Waals surface area contributed by atoms with Crippen LogP contribution in [-0.2, 0) is 14.8 Å². The van der Waals surface area contributed by atoms with E-state index >= 15 is 0 Å². The minimum Gasteiger partial charge on any atom is -0.493 e. The maximum atomic E-state index is 12.5. The lowest BCUT2D eigenvalue weighted by atomic mass is 10.2. The van der Waals surface area contributed by atoms with Crippen LogP contribution in [-0.4, -0.2) is 27.5 Å². The highest BCUT2D eigenvalue weighted by Gasteiger charge is 2.22. The standard InChI is InChI=1S/C23H24N2O5S/c1-16-8-14-20(15-9-16)31(27,28)25-17(2)23(26)24-18-10-12-19(13-11-18)30-22-7-5-4-6-21(22)29-3/h4-15,17,25H,1-3H3,(H,24,26)/t17-/m1/s1. The molecule has 0 aliphatic carbocycles. The molecule has 3 aromatic rings. The number of methoxy groups -OCH3 is 1. The molecule has 3 aromatic carbocycles. The number of sulfonamides is 1. The van der Waals surface area contributed by atoms with Crippen LogP contribution < -0.4 is 19.5 Å². The lowest BCUT2D eigenvalue weighted by Crippen LogP contribution is -2.41. The van der Waals surface area contributed by atoms with E-state index in [2.05, 4.69) is 10.0 Å². The van der Waals surface area contributed by atoms with Gasteiger partial charge in [0.05, 0.1) is 18.0 Å². The number of carbonyl (C=O) groups is 1. The van der Waals surface area contributed by atoms with Gasteiger partial charge in [-0.2, -0.15) is 4.72 Å². The second-order valence-electron chi connectivity index (χ2n) is 6.92. The zero-order valence-electron chi connectivity index (χ0n) is 17.5. The van der Waals surface area contributed by atoms with Crippen molar-refractivity contribution in [1.82, 2.24) is 4.72 Å². The molecule has 0 aliphatic heterocycles. The first-order valence-electron chi connectivity index (χ1n) is 9.59. The summed E-state index contributed by atoms with van der Waals surface area (Å²) < 4.78 is 38.4. The van der Waals surface area contributed by atoms with Gasteiger partial charge in [0, 0.05) is 5.69 Å². The molecule has 0 spiro atoms. The molecule has 0 radical (unpaired) electrons. The second kappa shape index (κ2) is 9.63. The molecule has 0 fully saturated rings. The topological polar surface area (TPSA) is 93.7 Å². The number of ether oxygens (including phenoxy) is 2. The molecular formula is C23H24N2O5S. The van der Waals surface area contributed by atoms with Crippen molar-refractivity contribution in [2.75, 3.05) is 12.4 Å². The van der Waals surface area contributed by atoms with Gasteiger partial charge >= 0.3 is 0 Å². The Morgan fingerprint density at radius 3 is 2.13 bits per heavy atom. The Bertz CT molecular complexity index is 1140. The molecule has 0 bridgehead atoms. The Morgan fingerprint density at radius 1 is 0.903 bits per heavy atom. The van der Waals surface area contributed by atoms with E-state index in [9.17, 15) is 13.2 Å². The number of aryl methyl sites for hydroxylation is 1. The van der Waals surface area contributed by atoms with Crippen molar-refractivity contribution in [1.29, 1.82) is 0 Å². The molecule has 31 heavy (non-hydrogen) atoms. The number of amides is 1. The van der Waals surface area contributed by atoms with Crippen LogP contribution >= 0.6 is 0 Å². The highest BCUT2D eigenvalue weighted by Crippen LogP contribution is 2.31. The van der Waals surface area contributed by atoms with E-state index in [1.165, 1.54) is 19.1 Å². The Hall–Kier alpha value is -3.36. The van der Waals surface area contributed by atoms with Crippen LogP contribution in [0.1, 0.15) is 12.5 Å². The summed E-state index contributed by atoms with van der Waals surface area (Å²) in [4.78, 5) is 12.6. The summed E-state index contributed by atoms with van der Waals surface area (Å²) in [6.07, 6.45) is 0. The number of anilines is 1. The molecule has 0 unspecified atom stereocenters. The highest BCUT2D eigenvalue weighted by atomic mass is 32.2. The van der Waals surface area contributed by atoms with E-state index in [-0.39, 0.29) is 4.90 Å². The van der Waals surface area contributed by atoms with Crippen molar-refractivity contribution in [3.05, 3.63) is 78.4 Å². The second-order valence-corrected chi connectivity index (χ2v) is 8.64. The lowest BCUT2D eigenvalue weighted by molar-refractivity contribution is -0.117. The minimum absolute atomic E-state index is 0.107. The number of carbonyl (C=O) groups excluding carboxylic acids is 1. The smallest absolute Gasteiger partial charge is 0.242 e. The van der Waals surface area contributed by atoms with Gasteiger partial charge in [0.2, 0.25) is 15.9 Å². The number of rotatable bonds is 8. The van der Waals surface area contributed by atoms with Crippen LogP contribution in [0.15, 0.2) is 77.7 Å². The van der Waals surface area contributed by atoms with E-state index in [1.54, 1.807) is 55.6 Å². The molecule has 0 saturated heterocycles. The quantitative estimate of drug-likeness (QED) is 0.550. The molecule has 1 atom stereocenters. The fourth-order valence-electron chi connectivity index (χ4n) is 2.76. The van der Waals surface area contributed by atoms with Crippen LogP contribution in [0.25, 0.3) is 0 Å². The normalized spacial score (nSPS) is 12.1. The lowest BCUT2D eigenvalue weighted by Gasteiger charge is -2.15. The third kappa shape index (κ3) is 5.84. The maximum absolute atomic E-state index is 12.5. The third-order valence-electron chi connectivity index (χ3n) is 4.48. The van der Waals surface area contributed by atoms with Gasteiger partial charge in [-0.05, 0) is 62.4 Å². The zero-order valence-corrected chi connectivity index (χ0v) is 18.3. The molecule has 1 amide bonds. The first-order chi connectivity index (χ1) is 14.8. The highest BCUT2D eigenvalue weighted by molar-refractivity contribution is 7.89. The Labute approximate surface area is 182 Å². The Kier molecular flexibility index (Phi) is 6.94. The van der Waals surface area contributed by atoms with Crippen molar-refractivity contribution in [3.8, 4) is 17.2 Å². The van der Waals surface area contributed by atoms with E-state index < -0.39 is 22.0 Å². The summed E-state index contributed by atoms with van der Waals surface area (Å²) in [5.74, 6) is 1.26. The monoisotopic (exact) mass is 440 g/mol. The van der Waals surface area contributed by atoms with Gasteiger partial charge in [-0.25, -0.2) is 8.42 Å². The first-order valence-corrected chi connectivity index (χ1v) is 11.1. The van der Waals surface area contributed by atoms with Crippen molar-refractivity contribution < 1.29 is 22.7 Å². The maximum Gasteiger partial charge on any atom is 0.242 e. The van der Waals surface area contributed by atoms with Crippen molar-refractivity contribution in [2.45, 2.75) is 24.8 Å². The number of nitrogens with one attached hydrogen (secondary N) is 2. The fourth-order valence-corrected chi connectivity index (χ4v) is 3.96. The molecule has 162 valence electrons. The van der Waals surface area contributed by atoms with Crippen LogP contribution in [0.3, 0.4) is 0 Å². The average Bonchev–Trinajstić information content (AvgIpc) is 2.75. The van der Waals surface area contributed by atoms with Crippen LogP contribution in [0.5, 0.6) is 17.2 Å². The number of hydrogen-bond acceptors (Lipinski definition) is 5. The largest absolute Gasteiger partial charge is 0.493 e. The van der Waals surface area contributed by atoms with E-state index in [0.717, 1.165) is 5.56 Å². The molecule has 7 nitrogen and oxygen atoms in total. The third-order valence-corrected chi connectivity index (χ3v) is 6.03. The summed E-state index contributed by atoms with van der Waals surface area (Å²) in [7, 11) is -2.24. The van der Waals surface area contributed by atoms with Crippen LogP contribution in [0.2, 0.25) is 0 Å². The Morgan fingerprint density at radius 2 is 1.52 bits per heavy atom. The predicted octanol–water partition coefficient (Wildman–Crippen LogP) is 4.10. The SMILES string of the molecule is COc1ccccc1Oc1ccc(NC(=O)[C@@H](C)NS(=O)(=O)c2ccc(C)cc2)cc1. The van der Waals surface area contributed by atoms with Gasteiger partial charge in [-0.1, -0.05) is 29.8 Å². The number of benzene rings is 3. The van der Waals surface area contributed by atoms with Crippen LogP contribution in [0.4, 0.5) is 5.69 Å². The summed E-state index contributed by atoms with van der Waals surface area (Å²) >= 11 is 0. The first kappa shape index (κ1) is 22.3. The minimum atomic E-state index is -3.80. The van der Waals surface area contributed by atoms with Crippen molar-refractivity contribution in [2.24, 2.45) is 0 Å². The molecule has 2 N–H and O–H groups in total. The predicted molar refractivity (Wildman–Crippen MR) is 119 cm³/mol.